The molecule has 1 saturated carbocycles. The number of carbonyl (C=O) groups is 1. The third-order valence-electron chi connectivity index (χ3n) is 4.84. The molecule has 0 bridgehead atoms. The molecular formula is C18H28Cl3N3O. The average molecular weight is 409 g/mol. The maximum Gasteiger partial charge on any atom is 0.224 e. The van der Waals surface area contributed by atoms with Gasteiger partial charge in [0.25, 0.3) is 0 Å². The zero-order valence-corrected chi connectivity index (χ0v) is 16.9. The number of rotatable bonds is 6. The van der Waals surface area contributed by atoms with E-state index in [0.29, 0.717) is 29.3 Å². The van der Waals surface area contributed by atoms with Crippen molar-refractivity contribution in [1.29, 1.82) is 0 Å². The Morgan fingerprint density at radius 2 is 2.04 bits per heavy atom. The van der Waals surface area contributed by atoms with Crippen LogP contribution in [-0.4, -0.2) is 25.0 Å². The minimum atomic E-state index is 0. The smallest absolute Gasteiger partial charge is 0.224 e. The summed E-state index contributed by atoms with van der Waals surface area (Å²) in [6, 6.07) is 6.18. The predicted molar refractivity (Wildman–Crippen MR) is 111 cm³/mol. The number of hydrogen-bond acceptors (Lipinski definition) is 3. The molecule has 2 aliphatic rings. The lowest BCUT2D eigenvalue weighted by Crippen LogP contribution is -2.34. The average Bonchev–Trinajstić information content (AvgIpc) is 3.35. The van der Waals surface area contributed by atoms with E-state index in [1.807, 2.05) is 18.2 Å². The van der Waals surface area contributed by atoms with Crippen LogP contribution in [-0.2, 0) is 4.79 Å². The Bertz CT molecular complexity index is 560. The van der Waals surface area contributed by atoms with Gasteiger partial charge in [-0.25, -0.2) is 0 Å². The normalized spacial score (nSPS) is 20.6. The largest absolute Gasteiger partial charge is 0.381 e. The Kier molecular flexibility index (Phi) is 9.36. The highest BCUT2D eigenvalue weighted by Gasteiger charge is 2.24. The molecule has 0 radical (unpaired) electrons. The molecule has 1 heterocycles. The molecule has 2 unspecified atom stereocenters. The molecule has 1 aliphatic heterocycles. The van der Waals surface area contributed by atoms with Gasteiger partial charge >= 0.3 is 0 Å². The Labute approximate surface area is 167 Å². The number of hydrogen-bond donors (Lipinski definition) is 3. The molecule has 1 saturated heterocycles. The van der Waals surface area contributed by atoms with Crippen molar-refractivity contribution in [3.05, 3.63) is 23.2 Å². The van der Waals surface area contributed by atoms with E-state index in [0.717, 1.165) is 24.5 Å². The van der Waals surface area contributed by atoms with Crippen LogP contribution in [0.25, 0.3) is 0 Å². The van der Waals surface area contributed by atoms with Gasteiger partial charge in [0.05, 0.1) is 11.4 Å². The van der Waals surface area contributed by atoms with Crippen LogP contribution in [0, 0.1) is 11.8 Å². The highest BCUT2D eigenvalue weighted by atomic mass is 35.5. The van der Waals surface area contributed by atoms with Crippen molar-refractivity contribution in [3.63, 3.8) is 0 Å². The maximum atomic E-state index is 12.4. The van der Waals surface area contributed by atoms with Crippen molar-refractivity contribution < 1.29 is 4.79 Å². The summed E-state index contributed by atoms with van der Waals surface area (Å²) >= 11 is 6.09. The molecule has 1 aliphatic carbocycles. The Hall–Kier alpha value is -0.680. The van der Waals surface area contributed by atoms with Gasteiger partial charge in [0.2, 0.25) is 5.91 Å². The molecule has 7 heteroatoms. The molecule has 2 fully saturated rings. The van der Waals surface area contributed by atoms with E-state index in [2.05, 4.69) is 22.9 Å². The molecule has 4 nitrogen and oxygen atoms in total. The van der Waals surface area contributed by atoms with E-state index in [9.17, 15) is 4.79 Å². The minimum absolute atomic E-state index is 0. The lowest BCUT2D eigenvalue weighted by molar-refractivity contribution is -0.117. The summed E-state index contributed by atoms with van der Waals surface area (Å²) in [4.78, 5) is 12.4. The van der Waals surface area contributed by atoms with E-state index in [1.165, 1.54) is 25.7 Å². The molecule has 0 spiro atoms. The van der Waals surface area contributed by atoms with Crippen LogP contribution in [0.1, 0.15) is 39.0 Å². The zero-order valence-electron chi connectivity index (χ0n) is 14.5. The second kappa shape index (κ2) is 10.5. The van der Waals surface area contributed by atoms with Crippen LogP contribution in [0.2, 0.25) is 5.02 Å². The van der Waals surface area contributed by atoms with E-state index in [4.69, 9.17) is 11.6 Å². The summed E-state index contributed by atoms with van der Waals surface area (Å²) in [6.45, 7) is 4.31. The Balaban J connectivity index is 0.00000156. The number of anilines is 2. The van der Waals surface area contributed by atoms with Gasteiger partial charge < -0.3 is 16.0 Å². The zero-order chi connectivity index (χ0) is 16.2. The van der Waals surface area contributed by atoms with Gasteiger partial charge in [-0.05, 0) is 68.8 Å². The van der Waals surface area contributed by atoms with Gasteiger partial charge in [-0.15, -0.1) is 24.8 Å². The van der Waals surface area contributed by atoms with Crippen molar-refractivity contribution in [3.8, 4) is 0 Å². The van der Waals surface area contributed by atoms with Crippen molar-refractivity contribution in [2.75, 3.05) is 23.7 Å². The monoisotopic (exact) mass is 407 g/mol. The summed E-state index contributed by atoms with van der Waals surface area (Å²) in [5.74, 6) is 1.06. The minimum Gasteiger partial charge on any atom is -0.381 e. The van der Waals surface area contributed by atoms with Crippen molar-refractivity contribution in [2.24, 2.45) is 11.8 Å². The number of nitrogens with one attached hydrogen (secondary N) is 3. The third kappa shape index (κ3) is 6.86. The fraction of sp³-hybridized carbons (Fsp3) is 0.611. The maximum absolute atomic E-state index is 12.4. The summed E-state index contributed by atoms with van der Waals surface area (Å²) in [7, 11) is 0. The number of carbonyl (C=O) groups excluding carboxylic acids is 1. The Morgan fingerprint density at radius 3 is 2.68 bits per heavy atom. The molecule has 25 heavy (non-hydrogen) atoms. The number of halogens is 3. The van der Waals surface area contributed by atoms with Crippen LogP contribution in [0.15, 0.2) is 18.2 Å². The highest BCUT2D eigenvalue weighted by Crippen LogP contribution is 2.32. The number of piperidine rings is 1. The molecular weight excluding hydrogens is 381 g/mol. The first-order valence-corrected chi connectivity index (χ1v) is 9.06. The number of amides is 1. The summed E-state index contributed by atoms with van der Waals surface area (Å²) in [6.07, 6.45) is 5.37. The summed E-state index contributed by atoms with van der Waals surface area (Å²) < 4.78 is 0. The van der Waals surface area contributed by atoms with Crippen LogP contribution < -0.4 is 16.0 Å². The molecule has 3 rings (SSSR count). The molecule has 142 valence electrons. The van der Waals surface area contributed by atoms with Crippen LogP contribution in [0.3, 0.4) is 0 Å². The van der Waals surface area contributed by atoms with Gasteiger partial charge in [-0.2, -0.15) is 0 Å². The van der Waals surface area contributed by atoms with Crippen molar-refractivity contribution in [1.82, 2.24) is 5.32 Å². The summed E-state index contributed by atoms with van der Waals surface area (Å²) in [5.41, 5.74) is 1.76. The fourth-order valence-electron chi connectivity index (χ4n) is 3.22. The second-order valence-corrected chi connectivity index (χ2v) is 7.38. The molecule has 3 N–H and O–H groups in total. The lowest BCUT2D eigenvalue weighted by atomic mass is 9.85. The second-order valence-electron chi connectivity index (χ2n) is 6.94. The lowest BCUT2D eigenvalue weighted by Gasteiger charge is -2.28. The van der Waals surface area contributed by atoms with Gasteiger partial charge in [0, 0.05) is 17.5 Å². The van der Waals surface area contributed by atoms with Crippen LogP contribution in [0.4, 0.5) is 11.4 Å². The SMILES string of the molecule is CC(CC(=O)Nc1cc(Cl)ccc1NC1CC1)C1CCCNC1.Cl.Cl. The molecule has 1 aromatic carbocycles. The van der Waals surface area contributed by atoms with Crippen LogP contribution in [0.5, 0.6) is 0 Å². The van der Waals surface area contributed by atoms with Crippen molar-refractivity contribution in [2.45, 2.75) is 45.1 Å². The molecule has 0 aromatic heterocycles. The van der Waals surface area contributed by atoms with E-state index < -0.39 is 0 Å². The highest BCUT2D eigenvalue weighted by molar-refractivity contribution is 6.31. The first-order chi connectivity index (χ1) is 11.1. The Morgan fingerprint density at radius 1 is 1.28 bits per heavy atom. The van der Waals surface area contributed by atoms with Crippen molar-refractivity contribution >= 4 is 53.7 Å². The van der Waals surface area contributed by atoms with Gasteiger partial charge in [0.1, 0.15) is 0 Å². The standard InChI is InChI=1S/C18H26ClN3O.2ClH/c1-12(13-3-2-8-20-11-13)9-18(23)22-17-10-14(19)4-7-16(17)21-15-5-6-15;;/h4,7,10,12-13,15,20-21H,2-3,5-6,8-9,11H2,1H3,(H,22,23);2*1H. The number of benzene rings is 1. The van der Waals surface area contributed by atoms with E-state index in [1.54, 1.807) is 0 Å². The predicted octanol–water partition coefficient (Wildman–Crippen LogP) is 4.72. The topological polar surface area (TPSA) is 53.2 Å². The molecule has 1 aromatic rings. The third-order valence-corrected chi connectivity index (χ3v) is 5.07. The van der Waals surface area contributed by atoms with Crippen LogP contribution >= 0.6 is 36.4 Å². The van der Waals surface area contributed by atoms with Gasteiger partial charge in [-0.1, -0.05) is 18.5 Å². The van der Waals surface area contributed by atoms with E-state index >= 15 is 0 Å². The molecule has 1 amide bonds. The van der Waals surface area contributed by atoms with Gasteiger partial charge in [-0.3, -0.25) is 4.79 Å². The van der Waals surface area contributed by atoms with E-state index in [-0.39, 0.29) is 30.7 Å². The van der Waals surface area contributed by atoms with Gasteiger partial charge in [0.15, 0.2) is 0 Å². The first-order valence-electron chi connectivity index (χ1n) is 8.68. The summed E-state index contributed by atoms with van der Waals surface area (Å²) in [5, 5.41) is 10.6. The first kappa shape index (κ1) is 22.4. The quantitative estimate of drug-likeness (QED) is 0.638. The molecule has 2 atom stereocenters. The fourth-order valence-corrected chi connectivity index (χ4v) is 3.39.